The average molecular weight is 270 g/mol. The molecule has 0 amide bonds. The van der Waals surface area contributed by atoms with E-state index in [2.05, 4.69) is 5.10 Å². The molecule has 1 aromatic heterocycles. The third-order valence-electron chi connectivity index (χ3n) is 2.48. The van der Waals surface area contributed by atoms with Crippen LogP contribution < -0.4 is 10.5 Å². The van der Waals surface area contributed by atoms with Crippen LogP contribution in [0.5, 0.6) is 5.75 Å². The smallest absolute Gasteiger partial charge is 0.142 e. The first kappa shape index (κ1) is 12.9. The highest BCUT2D eigenvalue weighted by Crippen LogP contribution is 2.25. The summed E-state index contributed by atoms with van der Waals surface area (Å²) in [6.07, 6.45) is 3.17. The molecule has 2 aromatic rings. The number of hydrogen-bond donors (Lipinski definition) is 1. The number of rotatable bonds is 4. The molecule has 2 N–H and O–H groups in total. The topological polar surface area (TPSA) is 53.1 Å². The first-order chi connectivity index (χ1) is 8.60. The lowest BCUT2D eigenvalue weighted by Gasteiger charge is -2.16. The van der Waals surface area contributed by atoms with Crippen molar-refractivity contribution in [2.45, 2.75) is 6.10 Å². The Labute approximate surface area is 109 Å². The van der Waals surface area contributed by atoms with Gasteiger partial charge in [0.2, 0.25) is 0 Å². The van der Waals surface area contributed by atoms with E-state index in [1.165, 1.54) is 18.2 Å². The third kappa shape index (κ3) is 2.80. The minimum absolute atomic E-state index is 0.0226. The van der Waals surface area contributed by atoms with Crippen molar-refractivity contribution < 1.29 is 9.13 Å². The van der Waals surface area contributed by atoms with Crippen LogP contribution in [0.1, 0.15) is 11.7 Å². The third-order valence-corrected chi connectivity index (χ3v) is 2.77. The first-order valence-electron chi connectivity index (χ1n) is 5.40. The SMILES string of the molecule is Cn1cc(C(CN)Oc2ccc(F)c(Cl)c2)cn1. The molecule has 1 aromatic carbocycles. The van der Waals surface area contributed by atoms with Gasteiger partial charge < -0.3 is 10.5 Å². The Morgan fingerprint density at radius 3 is 2.89 bits per heavy atom. The molecule has 1 heterocycles. The summed E-state index contributed by atoms with van der Waals surface area (Å²) in [6.45, 7) is 0.292. The fourth-order valence-electron chi connectivity index (χ4n) is 1.57. The van der Waals surface area contributed by atoms with Gasteiger partial charge in [-0.2, -0.15) is 5.10 Å². The van der Waals surface area contributed by atoms with Crippen LogP contribution in [0.3, 0.4) is 0 Å². The van der Waals surface area contributed by atoms with E-state index < -0.39 is 5.82 Å². The van der Waals surface area contributed by atoms with Gasteiger partial charge in [0.05, 0.1) is 11.2 Å². The zero-order chi connectivity index (χ0) is 13.1. The molecule has 2 rings (SSSR count). The van der Waals surface area contributed by atoms with E-state index >= 15 is 0 Å². The molecule has 0 aliphatic rings. The summed E-state index contributed by atoms with van der Waals surface area (Å²) >= 11 is 5.69. The highest BCUT2D eigenvalue weighted by molar-refractivity contribution is 6.30. The number of hydrogen-bond acceptors (Lipinski definition) is 3. The van der Waals surface area contributed by atoms with Crippen molar-refractivity contribution in [3.63, 3.8) is 0 Å². The lowest BCUT2D eigenvalue weighted by molar-refractivity contribution is 0.214. The van der Waals surface area contributed by atoms with E-state index in [-0.39, 0.29) is 11.1 Å². The molecule has 0 bridgehead atoms. The van der Waals surface area contributed by atoms with E-state index in [1.54, 1.807) is 10.9 Å². The van der Waals surface area contributed by atoms with Crippen molar-refractivity contribution in [2.75, 3.05) is 6.54 Å². The lowest BCUT2D eigenvalue weighted by Crippen LogP contribution is -2.18. The number of halogens is 2. The van der Waals surface area contributed by atoms with Crippen molar-refractivity contribution >= 4 is 11.6 Å². The van der Waals surface area contributed by atoms with Gasteiger partial charge in [-0.25, -0.2) is 4.39 Å². The highest BCUT2D eigenvalue weighted by atomic mass is 35.5. The fourth-order valence-corrected chi connectivity index (χ4v) is 1.74. The first-order valence-corrected chi connectivity index (χ1v) is 5.78. The predicted molar refractivity (Wildman–Crippen MR) is 67.0 cm³/mol. The van der Waals surface area contributed by atoms with Gasteiger partial charge in [-0.1, -0.05) is 11.6 Å². The van der Waals surface area contributed by atoms with E-state index in [1.807, 2.05) is 13.2 Å². The lowest BCUT2D eigenvalue weighted by atomic mass is 10.2. The maximum Gasteiger partial charge on any atom is 0.142 e. The molecule has 0 radical (unpaired) electrons. The number of ether oxygens (including phenoxy) is 1. The Bertz CT molecular complexity index is 544. The summed E-state index contributed by atoms with van der Waals surface area (Å²) in [5.41, 5.74) is 6.52. The van der Waals surface area contributed by atoms with Gasteiger partial charge in [-0.05, 0) is 12.1 Å². The van der Waals surface area contributed by atoms with E-state index in [9.17, 15) is 4.39 Å². The molecule has 18 heavy (non-hydrogen) atoms. The van der Waals surface area contributed by atoms with Crippen LogP contribution in [-0.4, -0.2) is 16.3 Å². The second-order valence-electron chi connectivity index (χ2n) is 3.87. The van der Waals surface area contributed by atoms with Gasteiger partial charge in [0.25, 0.3) is 0 Å². The zero-order valence-corrected chi connectivity index (χ0v) is 10.6. The Morgan fingerprint density at radius 1 is 1.56 bits per heavy atom. The monoisotopic (exact) mass is 269 g/mol. The zero-order valence-electron chi connectivity index (χ0n) is 9.81. The number of nitrogens with zero attached hydrogens (tertiary/aromatic N) is 2. The van der Waals surface area contributed by atoms with Crippen molar-refractivity contribution in [3.8, 4) is 5.75 Å². The minimum Gasteiger partial charge on any atom is -0.484 e. The summed E-state index contributed by atoms with van der Waals surface area (Å²) in [5.74, 6) is -0.00426. The second kappa shape index (κ2) is 5.37. The Kier molecular flexibility index (Phi) is 3.84. The van der Waals surface area contributed by atoms with E-state index in [0.717, 1.165) is 5.56 Å². The summed E-state index contributed by atoms with van der Waals surface area (Å²) in [6, 6.07) is 4.20. The van der Waals surface area contributed by atoms with E-state index in [0.29, 0.717) is 12.3 Å². The van der Waals surface area contributed by atoms with Gasteiger partial charge in [0, 0.05) is 31.4 Å². The van der Waals surface area contributed by atoms with Gasteiger partial charge in [-0.3, -0.25) is 4.68 Å². The quantitative estimate of drug-likeness (QED) is 0.927. The molecule has 96 valence electrons. The van der Waals surface area contributed by atoms with Crippen LogP contribution in [0.15, 0.2) is 30.6 Å². The summed E-state index contributed by atoms with van der Waals surface area (Å²) in [7, 11) is 1.81. The molecule has 0 fully saturated rings. The van der Waals surface area contributed by atoms with Gasteiger partial charge in [0.1, 0.15) is 17.7 Å². The van der Waals surface area contributed by atoms with Crippen molar-refractivity contribution in [1.29, 1.82) is 0 Å². The molecular weight excluding hydrogens is 257 g/mol. The van der Waals surface area contributed by atoms with Crippen molar-refractivity contribution in [1.82, 2.24) is 9.78 Å². The average Bonchev–Trinajstić information content (AvgIpc) is 2.77. The largest absolute Gasteiger partial charge is 0.484 e. The molecule has 0 aliphatic heterocycles. The predicted octanol–water partition coefficient (Wildman–Crippen LogP) is 2.29. The van der Waals surface area contributed by atoms with E-state index in [4.69, 9.17) is 22.1 Å². The van der Waals surface area contributed by atoms with Gasteiger partial charge in [-0.15, -0.1) is 0 Å². The molecule has 6 heteroatoms. The molecular formula is C12H13ClFN3O. The van der Waals surface area contributed by atoms with Crippen LogP contribution in [0.2, 0.25) is 5.02 Å². The van der Waals surface area contributed by atoms with Crippen LogP contribution in [0, 0.1) is 5.82 Å². The summed E-state index contributed by atoms with van der Waals surface area (Å²) in [4.78, 5) is 0. The van der Waals surface area contributed by atoms with Gasteiger partial charge >= 0.3 is 0 Å². The minimum atomic E-state index is -0.477. The molecule has 0 aliphatic carbocycles. The Balaban J connectivity index is 2.17. The van der Waals surface area contributed by atoms with Crippen LogP contribution in [-0.2, 0) is 7.05 Å². The number of aromatic nitrogens is 2. The molecule has 0 saturated carbocycles. The van der Waals surface area contributed by atoms with Crippen LogP contribution in [0.4, 0.5) is 4.39 Å². The molecule has 1 atom stereocenters. The van der Waals surface area contributed by atoms with Crippen molar-refractivity contribution in [3.05, 3.63) is 47.0 Å². The Hall–Kier alpha value is -1.59. The maximum absolute atomic E-state index is 13.0. The van der Waals surface area contributed by atoms with Gasteiger partial charge in [0.15, 0.2) is 0 Å². The number of aryl methyl sites for hydroxylation is 1. The fraction of sp³-hybridized carbons (Fsp3) is 0.250. The van der Waals surface area contributed by atoms with Crippen LogP contribution in [0.25, 0.3) is 0 Å². The van der Waals surface area contributed by atoms with Crippen LogP contribution >= 0.6 is 11.6 Å². The molecule has 4 nitrogen and oxygen atoms in total. The standard InChI is InChI=1S/C12H13ClFN3O/c1-17-7-8(6-16-17)12(5-15)18-9-2-3-11(14)10(13)4-9/h2-4,6-7,12H,5,15H2,1H3. The second-order valence-corrected chi connectivity index (χ2v) is 4.27. The normalized spacial score (nSPS) is 12.4. The maximum atomic E-state index is 13.0. The highest BCUT2D eigenvalue weighted by Gasteiger charge is 2.14. The molecule has 0 saturated heterocycles. The number of benzene rings is 1. The summed E-state index contributed by atoms with van der Waals surface area (Å²) < 4.78 is 20.4. The van der Waals surface area contributed by atoms with Crippen molar-refractivity contribution in [2.24, 2.45) is 12.8 Å². The summed E-state index contributed by atoms with van der Waals surface area (Å²) in [5, 5.41) is 4.08. The molecule has 0 spiro atoms. The Morgan fingerprint density at radius 2 is 2.33 bits per heavy atom. The number of nitrogens with two attached hydrogens (primary N) is 1. The molecule has 1 unspecified atom stereocenters.